The van der Waals surface area contributed by atoms with Crippen molar-refractivity contribution in [2.45, 2.75) is 25.3 Å². The fourth-order valence-electron chi connectivity index (χ4n) is 4.04. The lowest BCUT2D eigenvalue weighted by molar-refractivity contribution is 0.396. The molecule has 4 rings (SSSR count). The number of nitrogens with one attached hydrogen (secondary N) is 1. The van der Waals surface area contributed by atoms with Crippen LogP contribution in [-0.4, -0.2) is 7.11 Å². The molecule has 0 bridgehead atoms. The Morgan fingerprint density at radius 1 is 1.13 bits per heavy atom. The van der Waals surface area contributed by atoms with Crippen LogP contribution in [0.4, 0.5) is 5.69 Å². The van der Waals surface area contributed by atoms with E-state index >= 15 is 0 Å². The Kier molecular flexibility index (Phi) is 3.68. The molecule has 1 aliphatic heterocycles. The molecule has 0 spiro atoms. The number of hydrogen-bond acceptors (Lipinski definition) is 2. The molecule has 1 aliphatic carbocycles. The molecule has 2 aliphatic rings. The quantitative estimate of drug-likeness (QED) is 0.696. The molecule has 3 heteroatoms. The van der Waals surface area contributed by atoms with Crippen LogP contribution in [0.2, 0.25) is 0 Å². The van der Waals surface area contributed by atoms with Gasteiger partial charge >= 0.3 is 0 Å². The summed E-state index contributed by atoms with van der Waals surface area (Å²) in [6.07, 6.45) is 5.83. The van der Waals surface area contributed by atoms with Crippen molar-refractivity contribution in [3.05, 3.63) is 69.7 Å². The largest absolute Gasteiger partial charge is 0.495 e. The normalized spacial score (nSPS) is 24.7. The highest BCUT2D eigenvalue weighted by Gasteiger charge is 2.39. The Balaban J connectivity index is 1.84. The Morgan fingerprint density at radius 2 is 1.91 bits per heavy atom. The monoisotopic (exact) mass is 369 g/mol. The van der Waals surface area contributed by atoms with Gasteiger partial charge in [0, 0.05) is 10.4 Å². The molecule has 0 unspecified atom stereocenters. The number of halogens is 1. The third-order valence-corrected chi connectivity index (χ3v) is 5.68. The highest BCUT2D eigenvalue weighted by molar-refractivity contribution is 9.10. The number of fused-ring (bicyclic) bond motifs is 3. The first-order chi connectivity index (χ1) is 11.2. The standard InChI is InChI=1S/C20H20BrNO/c1-12-6-11-17(23-2)20-18(12)15-4-3-5-16(15)19(22-20)13-7-9-14(21)10-8-13/h3-4,6-11,15-16,19,22H,5H2,1-2H3/t15-,16+,19-/m1/s1. The Morgan fingerprint density at radius 3 is 2.65 bits per heavy atom. The maximum Gasteiger partial charge on any atom is 0.142 e. The Hall–Kier alpha value is -1.74. The van der Waals surface area contributed by atoms with Crippen LogP contribution in [0.5, 0.6) is 5.75 Å². The molecule has 0 saturated carbocycles. The number of ether oxygens (including phenoxy) is 1. The van der Waals surface area contributed by atoms with Gasteiger partial charge in [-0.15, -0.1) is 0 Å². The van der Waals surface area contributed by atoms with Gasteiger partial charge in [0.05, 0.1) is 18.8 Å². The lowest BCUT2D eigenvalue weighted by atomic mass is 9.75. The van der Waals surface area contributed by atoms with E-state index < -0.39 is 0 Å². The van der Waals surface area contributed by atoms with Crippen LogP contribution in [0, 0.1) is 12.8 Å². The number of allylic oxidation sites excluding steroid dienone is 2. The average Bonchev–Trinajstić information content (AvgIpc) is 3.04. The molecule has 3 atom stereocenters. The lowest BCUT2D eigenvalue weighted by Crippen LogP contribution is -2.30. The fourth-order valence-corrected chi connectivity index (χ4v) is 4.31. The van der Waals surface area contributed by atoms with Gasteiger partial charge < -0.3 is 10.1 Å². The van der Waals surface area contributed by atoms with Crippen LogP contribution in [0.3, 0.4) is 0 Å². The van der Waals surface area contributed by atoms with Gasteiger partial charge in [-0.3, -0.25) is 0 Å². The molecule has 2 aromatic carbocycles. The average molecular weight is 370 g/mol. The minimum atomic E-state index is 0.311. The van der Waals surface area contributed by atoms with Gasteiger partial charge in [-0.2, -0.15) is 0 Å². The van der Waals surface area contributed by atoms with E-state index in [0.717, 1.165) is 22.3 Å². The van der Waals surface area contributed by atoms with Crippen LogP contribution in [0.1, 0.15) is 35.1 Å². The van der Waals surface area contributed by atoms with Crippen molar-refractivity contribution in [1.29, 1.82) is 0 Å². The number of anilines is 1. The first kappa shape index (κ1) is 14.8. The molecule has 0 amide bonds. The van der Waals surface area contributed by atoms with Crippen molar-refractivity contribution < 1.29 is 4.74 Å². The maximum absolute atomic E-state index is 5.63. The highest BCUT2D eigenvalue weighted by atomic mass is 79.9. The lowest BCUT2D eigenvalue weighted by Gasteiger charge is -2.39. The zero-order valence-electron chi connectivity index (χ0n) is 13.3. The predicted molar refractivity (Wildman–Crippen MR) is 98.2 cm³/mol. The third-order valence-electron chi connectivity index (χ3n) is 5.15. The van der Waals surface area contributed by atoms with Crippen LogP contribution < -0.4 is 10.1 Å². The van der Waals surface area contributed by atoms with E-state index in [2.05, 4.69) is 76.7 Å². The van der Waals surface area contributed by atoms with Gasteiger partial charge in [0.15, 0.2) is 0 Å². The van der Waals surface area contributed by atoms with Gasteiger partial charge in [-0.1, -0.05) is 46.3 Å². The highest BCUT2D eigenvalue weighted by Crippen LogP contribution is 2.53. The summed E-state index contributed by atoms with van der Waals surface area (Å²) in [5.41, 5.74) is 5.23. The summed E-state index contributed by atoms with van der Waals surface area (Å²) in [7, 11) is 1.75. The first-order valence-corrected chi connectivity index (χ1v) is 8.84. The van der Waals surface area contributed by atoms with Crippen molar-refractivity contribution in [1.82, 2.24) is 0 Å². The van der Waals surface area contributed by atoms with Crippen molar-refractivity contribution >= 4 is 21.6 Å². The molecule has 2 aromatic rings. The molecule has 0 radical (unpaired) electrons. The fraction of sp³-hybridized carbons (Fsp3) is 0.300. The SMILES string of the molecule is COc1ccc(C)c2c1N[C@H](c1ccc(Br)cc1)[C@H]1CC=C[C@@H]21. The third kappa shape index (κ3) is 2.38. The van der Waals surface area contributed by atoms with Crippen molar-refractivity contribution in [3.8, 4) is 5.75 Å². The zero-order chi connectivity index (χ0) is 16.0. The number of benzene rings is 2. The molecule has 0 aromatic heterocycles. The van der Waals surface area contributed by atoms with Gasteiger partial charge in [0.2, 0.25) is 0 Å². The molecule has 0 saturated heterocycles. The predicted octanol–water partition coefficient (Wildman–Crippen LogP) is 5.59. The van der Waals surface area contributed by atoms with Crippen LogP contribution in [0.15, 0.2) is 53.0 Å². The van der Waals surface area contributed by atoms with Gasteiger partial charge in [0.1, 0.15) is 5.75 Å². The van der Waals surface area contributed by atoms with E-state index in [1.165, 1.54) is 16.7 Å². The van der Waals surface area contributed by atoms with Crippen molar-refractivity contribution in [2.24, 2.45) is 5.92 Å². The van der Waals surface area contributed by atoms with Crippen LogP contribution in [0.25, 0.3) is 0 Å². The molecule has 1 heterocycles. The zero-order valence-corrected chi connectivity index (χ0v) is 14.9. The van der Waals surface area contributed by atoms with E-state index in [-0.39, 0.29) is 0 Å². The molecular formula is C20H20BrNO. The maximum atomic E-state index is 5.63. The molecule has 23 heavy (non-hydrogen) atoms. The second kappa shape index (κ2) is 5.72. The van der Waals surface area contributed by atoms with Crippen LogP contribution in [-0.2, 0) is 0 Å². The summed E-state index contributed by atoms with van der Waals surface area (Å²) in [5.74, 6) is 1.97. The topological polar surface area (TPSA) is 21.3 Å². The number of hydrogen-bond donors (Lipinski definition) is 1. The summed E-state index contributed by atoms with van der Waals surface area (Å²) in [4.78, 5) is 0. The molecule has 1 N–H and O–H groups in total. The molecule has 118 valence electrons. The Bertz CT molecular complexity index is 766. The molecule has 2 nitrogen and oxygen atoms in total. The number of methoxy groups -OCH3 is 1. The van der Waals surface area contributed by atoms with Gasteiger partial charge in [-0.05, 0) is 54.2 Å². The molecular weight excluding hydrogens is 350 g/mol. The number of rotatable bonds is 2. The minimum Gasteiger partial charge on any atom is -0.495 e. The molecule has 0 fully saturated rings. The van der Waals surface area contributed by atoms with Gasteiger partial charge in [0.25, 0.3) is 0 Å². The van der Waals surface area contributed by atoms with E-state index in [9.17, 15) is 0 Å². The minimum absolute atomic E-state index is 0.311. The van der Waals surface area contributed by atoms with Crippen LogP contribution >= 0.6 is 15.9 Å². The summed E-state index contributed by atoms with van der Waals surface area (Å²) < 4.78 is 6.74. The first-order valence-electron chi connectivity index (χ1n) is 8.05. The summed E-state index contributed by atoms with van der Waals surface area (Å²) in [6.45, 7) is 2.20. The second-order valence-corrected chi connectivity index (χ2v) is 7.32. The van der Waals surface area contributed by atoms with Gasteiger partial charge in [-0.25, -0.2) is 0 Å². The summed E-state index contributed by atoms with van der Waals surface area (Å²) in [6, 6.07) is 13.2. The summed E-state index contributed by atoms with van der Waals surface area (Å²) in [5, 5.41) is 3.78. The smallest absolute Gasteiger partial charge is 0.142 e. The van der Waals surface area contributed by atoms with E-state index in [1.807, 2.05) is 0 Å². The number of aryl methyl sites for hydroxylation is 1. The second-order valence-electron chi connectivity index (χ2n) is 6.40. The van der Waals surface area contributed by atoms with Crippen molar-refractivity contribution in [2.75, 3.05) is 12.4 Å². The van der Waals surface area contributed by atoms with E-state index in [1.54, 1.807) is 7.11 Å². The van der Waals surface area contributed by atoms with E-state index in [4.69, 9.17) is 4.74 Å². The van der Waals surface area contributed by atoms with E-state index in [0.29, 0.717) is 17.9 Å². The Labute approximate surface area is 145 Å². The summed E-state index contributed by atoms with van der Waals surface area (Å²) >= 11 is 3.53. The van der Waals surface area contributed by atoms with Crippen molar-refractivity contribution in [3.63, 3.8) is 0 Å².